The molecule has 1 aliphatic carbocycles. The van der Waals surface area contributed by atoms with Gasteiger partial charge >= 0.3 is 31.8 Å². The van der Waals surface area contributed by atoms with Crippen LogP contribution in [0.3, 0.4) is 0 Å². The van der Waals surface area contributed by atoms with E-state index in [4.69, 9.17) is 30.8 Å². The first-order valence-corrected chi connectivity index (χ1v) is 14.6. The van der Waals surface area contributed by atoms with Crippen molar-refractivity contribution in [2.24, 2.45) is 0 Å². The molecule has 0 spiro atoms. The van der Waals surface area contributed by atoms with Gasteiger partial charge < -0.3 is 34.0 Å². The van der Waals surface area contributed by atoms with Gasteiger partial charge in [0.1, 0.15) is 18.6 Å². The first kappa shape index (κ1) is 45.1. The number of ketones is 1. The maximum Gasteiger partial charge on any atom is 2.00 e. The van der Waals surface area contributed by atoms with Gasteiger partial charge in [-0.25, -0.2) is 6.58 Å². The smallest absolute Gasteiger partial charge is 0.542 e. The maximum atomic E-state index is 10.5. The van der Waals surface area contributed by atoms with Crippen molar-refractivity contribution in [3.05, 3.63) is 101 Å². The third-order valence-corrected chi connectivity index (χ3v) is 6.45. The van der Waals surface area contributed by atoms with E-state index < -0.39 is 24.3 Å². The Labute approximate surface area is 296 Å². The van der Waals surface area contributed by atoms with E-state index in [0.29, 0.717) is 5.57 Å². The predicted molar refractivity (Wildman–Crippen MR) is 169 cm³/mol. The van der Waals surface area contributed by atoms with Gasteiger partial charge in [0.25, 0.3) is 6.10 Å². The number of carbonyl (C=O) groups excluding carboxylic acids is 3. The van der Waals surface area contributed by atoms with Crippen molar-refractivity contribution in [3.63, 3.8) is 0 Å². The molecule has 1 heterocycles. The van der Waals surface area contributed by atoms with Crippen LogP contribution in [0.1, 0.15) is 47.2 Å². The van der Waals surface area contributed by atoms with Crippen molar-refractivity contribution in [3.8, 4) is 0 Å². The van der Waals surface area contributed by atoms with E-state index >= 15 is 0 Å². The number of aryl methyl sites for hydroxylation is 6. The zero-order valence-corrected chi connectivity index (χ0v) is 30.1. The van der Waals surface area contributed by atoms with Gasteiger partial charge in [0, 0.05) is 38.3 Å². The van der Waals surface area contributed by atoms with Gasteiger partial charge in [-0.15, -0.1) is 6.08 Å². The number of carbonyl (C=O) groups is 2. The Morgan fingerprint density at radius 3 is 1.29 bits per heavy atom. The molecule has 2 aromatic rings. The summed E-state index contributed by atoms with van der Waals surface area (Å²) in [6, 6.07) is 9.12. The molecule has 0 atom stereocenters. The first-order valence-electron chi connectivity index (χ1n) is 14.6. The fourth-order valence-corrected chi connectivity index (χ4v) is 4.93. The van der Waals surface area contributed by atoms with Gasteiger partial charge in [0.2, 0.25) is 5.78 Å². The Bertz CT molecular complexity index is 1430. The van der Waals surface area contributed by atoms with E-state index in [1.807, 2.05) is 38.2 Å². The Morgan fingerprint density at radius 2 is 1.02 bits per heavy atom. The molecule has 0 amide bonds. The number of nitrogens with zero attached hydrogens (tertiary/aromatic N) is 2. The van der Waals surface area contributed by atoms with Crippen LogP contribution in [0.2, 0.25) is 0 Å². The van der Waals surface area contributed by atoms with Gasteiger partial charge in [0.05, 0.1) is 0 Å². The minimum absolute atomic E-state index is 0. The summed E-state index contributed by atoms with van der Waals surface area (Å²) < 4.78 is 68.5. The minimum Gasteiger partial charge on any atom is -0.542 e. The fraction of sp³-hybridized carbons (Fsp3) is 0.371. The molecule has 2 aromatic carbocycles. The van der Waals surface area contributed by atoms with E-state index in [-0.39, 0.29) is 25.6 Å². The molecule has 0 bridgehead atoms. The van der Waals surface area contributed by atoms with Crippen LogP contribution in [0.25, 0.3) is 0 Å². The van der Waals surface area contributed by atoms with E-state index in [2.05, 4.69) is 82.3 Å². The van der Waals surface area contributed by atoms with E-state index in [9.17, 15) is 26.3 Å². The number of rotatable bonds is 3. The SMILES string of the molecule is Cc1cc(C)c(N2[CH]N(c3c(C)cc(C)cc3C)CC2)c(C)c1.O=C([O-])C(F)(F)F.O=C([O-])C(F)(F)F.[CH-]=C1C=CC=CC1=[O+]C(C)C.[Ru+2]. The van der Waals surface area contributed by atoms with Crippen LogP contribution in [-0.2, 0) is 33.5 Å². The summed E-state index contributed by atoms with van der Waals surface area (Å²) in [5.74, 6) is -5.25. The Balaban J connectivity index is 0.000000738. The summed E-state index contributed by atoms with van der Waals surface area (Å²) in [6.07, 6.45) is -2.71. The zero-order chi connectivity index (χ0) is 37.1. The largest absolute Gasteiger partial charge is 2.00 e. The van der Waals surface area contributed by atoms with Gasteiger partial charge in [-0.2, -0.15) is 32.4 Å². The molecule has 4 rings (SSSR count). The van der Waals surface area contributed by atoms with E-state index in [1.54, 1.807) is 0 Å². The quantitative estimate of drug-likeness (QED) is 0.133. The molecule has 1 aliphatic heterocycles. The molecule has 0 unspecified atom stereocenters. The number of allylic oxidation sites excluding steroid dienone is 5. The van der Waals surface area contributed by atoms with Crippen molar-refractivity contribution >= 4 is 29.1 Å². The maximum absolute atomic E-state index is 10.5. The van der Waals surface area contributed by atoms with Crippen LogP contribution in [-0.4, -0.2) is 49.3 Å². The van der Waals surface area contributed by atoms with E-state index in [0.717, 1.165) is 18.9 Å². The van der Waals surface area contributed by atoms with Crippen LogP contribution in [0.15, 0.2) is 54.1 Å². The van der Waals surface area contributed by atoms with Gasteiger partial charge in [0.15, 0.2) is 0 Å². The second-order valence-electron chi connectivity index (χ2n) is 11.3. The monoisotopic (exact) mass is 783 g/mol. The third-order valence-electron chi connectivity index (χ3n) is 6.45. The molecule has 14 heteroatoms. The Kier molecular flexibility index (Phi) is 17.8. The average Bonchev–Trinajstić information content (AvgIpc) is 3.37. The molecule has 0 N–H and O–H groups in total. The molecular formula is C35H39F6N2O5Ru. The third kappa shape index (κ3) is 15.0. The first-order chi connectivity index (χ1) is 21.9. The molecule has 2 aliphatic rings. The standard InChI is InChI=1S/C21H27N2.C10H12O.2C2HF3O2.Ru/c1-14-9-16(3)20(17(4)10-14)22-7-8-23(13-22)21-18(5)11-15(2)12-19(21)6;1-8(2)11-10-7-5-4-6-9(10)3;2*3-2(4,5)1(6)7;/h9-13H,7-8H2,1-6H3;3-8H,1-2H3;2*(H,6,7);/q;;;;+2/p-2. The summed E-state index contributed by atoms with van der Waals surface area (Å²) in [7, 11) is 0. The van der Waals surface area contributed by atoms with Crippen molar-refractivity contribution in [1.29, 1.82) is 0 Å². The molecule has 0 aromatic heterocycles. The number of alkyl halides is 6. The van der Waals surface area contributed by atoms with Crippen LogP contribution in [0.5, 0.6) is 0 Å². The summed E-state index contributed by atoms with van der Waals surface area (Å²) in [4.78, 5) is 22.4. The number of aliphatic carboxylic acids is 2. The Hall–Kier alpha value is -3.93. The topological polar surface area (TPSA) is 98.0 Å². The van der Waals surface area contributed by atoms with Crippen LogP contribution in [0, 0.1) is 54.8 Å². The second kappa shape index (κ2) is 19.3. The fourth-order valence-electron chi connectivity index (χ4n) is 4.93. The normalized spacial score (nSPS) is 14.7. The number of benzene rings is 2. The zero-order valence-electron chi connectivity index (χ0n) is 28.3. The van der Waals surface area contributed by atoms with Gasteiger partial charge in [-0.1, -0.05) is 47.0 Å². The summed E-state index contributed by atoms with van der Waals surface area (Å²) in [5.41, 5.74) is 11.5. The second-order valence-corrected chi connectivity index (χ2v) is 11.3. The van der Waals surface area contributed by atoms with Crippen molar-refractivity contribution in [2.45, 2.75) is 73.8 Å². The Morgan fingerprint density at radius 1 is 0.714 bits per heavy atom. The number of carboxylic acids is 2. The number of carboxylic acid groups (broad SMARTS) is 2. The van der Waals surface area contributed by atoms with E-state index in [1.165, 1.54) is 44.8 Å². The molecule has 1 saturated heterocycles. The van der Waals surface area contributed by atoms with Crippen LogP contribution in [0.4, 0.5) is 37.7 Å². The average molecular weight is 783 g/mol. The van der Waals surface area contributed by atoms with Crippen molar-refractivity contribution in [1.82, 2.24) is 0 Å². The van der Waals surface area contributed by atoms with Crippen LogP contribution >= 0.6 is 0 Å². The number of hydrogen-bond acceptors (Lipinski definition) is 6. The van der Waals surface area contributed by atoms with Crippen molar-refractivity contribution in [2.75, 3.05) is 22.9 Å². The molecule has 269 valence electrons. The van der Waals surface area contributed by atoms with Crippen LogP contribution < -0.4 is 20.0 Å². The molecular weight excluding hydrogens is 743 g/mol. The number of anilines is 2. The molecule has 1 fully saturated rings. The summed E-state index contributed by atoms with van der Waals surface area (Å²) in [5, 5.41) is 17.6. The van der Waals surface area contributed by atoms with Crippen molar-refractivity contribution < 1.29 is 70.0 Å². The molecule has 1 radical (unpaired) electrons. The number of hydrogen-bond donors (Lipinski definition) is 0. The molecule has 7 nitrogen and oxygen atoms in total. The minimum atomic E-state index is -5.19. The molecule has 49 heavy (non-hydrogen) atoms. The number of halogens is 6. The molecule has 0 saturated carbocycles. The summed E-state index contributed by atoms with van der Waals surface area (Å²) >= 11 is 0. The predicted octanol–water partition coefficient (Wildman–Crippen LogP) is 5.56. The summed E-state index contributed by atoms with van der Waals surface area (Å²) in [6.45, 7) is 27.2. The van der Waals surface area contributed by atoms with Gasteiger partial charge in [-0.05, 0) is 69.9 Å². The van der Waals surface area contributed by atoms with Gasteiger partial charge in [-0.3, -0.25) is 0 Å².